The Kier molecular flexibility index (Phi) is 5.33. The molecule has 0 saturated heterocycles. The number of thioether (sulfide) groups is 1. The number of anilines is 1. The van der Waals surface area contributed by atoms with Crippen molar-refractivity contribution >= 4 is 23.4 Å². The van der Waals surface area contributed by atoms with Crippen molar-refractivity contribution in [3.8, 4) is 5.88 Å². The molecule has 1 saturated carbocycles. The molecule has 1 heterocycles. The first-order valence-corrected chi connectivity index (χ1v) is 8.16. The van der Waals surface area contributed by atoms with Gasteiger partial charge in [-0.05, 0) is 36.8 Å². The van der Waals surface area contributed by atoms with E-state index in [0.717, 1.165) is 30.0 Å². The molecule has 5 nitrogen and oxygen atoms in total. The van der Waals surface area contributed by atoms with Crippen LogP contribution in [0.2, 0.25) is 0 Å². The first kappa shape index (κ1) is 15.9. The summed E-state index contributed by atoms with van der Waals surface area (Å²) < 4.78 is 10.3. The zero-order valence-corrected chi connectivity index (χ0v) is 13.4. The largest absolute Gasteiger partial charge is 0.476 e. The number of pyridine rings is 1. The number of nitrogens with two attached hydrogens (primary N) is 1. The van der Waals surface area contributed by atoms with Gasteiger partial charge in [-0.25, -0.2) is 4.98 Å². The summed E-state index contributed by atoms with van der Waals surface area (Å²) in [7, 11) is 1.43. The minimum absolute atomic E-state index is 0.0886. The molecule has 0 amide bonds. The zero-order chi connectivity index (χ0) is 15.3. The second kappa shape index (κ2) is 7.02. The number of esters is 1. The van der Waals surface area contributed by atoms with E-state index < -0.39 is 0 Å². The molecule has 1 aromatic rings. The van der Waals surface area contributed by atoms with Crippen molar-refractivity contribution in [1.29, 1.82) is 0 Å². The molecule has 1 fully saturated rings. The Hall–Kier alpha value is -1.43. The molecule has 1 aromatic heterocycles. The summed E-state index contributed by atoms with van der Waals surface area (Å²) >= 11 is 1.64. The average molecular weight is 310 g/mol. The van der Waals surface area contributed by atoms with Crippen LogP contribution < -0.4 is 10.5 Å². The quantitative estimate of drug-likeness (QED) is 0.588. The normalized spacial score (nSPS) is 15.5. The maximum atomic E-state index is 11.4. The van der Waals surface area contributed by atoms with Gasteiger partial charge in [0, 0.05) is 5.75 Å². The van der Waals surface area contributed by atoms with Gasteiger partial charge in [0.2, 0.25) is 5.88 Å². The average Bonchev–Trinajstić information content (AvgIpc) is 3.25. The highest BCUT2D eigenvalue weighted by atomic mass is 32.2. The third kappa shape index (κ3) is 4.52. The molecule has 21 heavy (non-hydrogen) atoms. The summed E-state index contributed by atoms with van der Waals surface area (Å²) in [5, 5.41) is 0.881. The van der Waals surface area contributed by atoms with Crippen LogP contribution in [0, 0.1) is 5.41 Å². The van der Waals surface area contributed by atoms with Crippen molar-refractivity contribution in [2.24, 2.45) is 5.41 Å². The van der Waals surface area contributed by atoms with Crippen molar-refractivity contribution in [3.05, 3.63) is 12.1 Å². The Morgan fingerprint density at radius 1 is 1.48 bits per heavy atom. The van der Waals surface area contributed by atoms with E-state index in [0.29, 0.717) is 24.6 Å². The van der Waals surface area contributed by atoms with E-state index in [1.54, 1.807) is 11.8 Å². The van der Waals surface area contributed by atoms with Crippen molar-refractivity contribution < 1.29 is 14.3 Å². The molecule has 116 valence electrons. The van der Waals surface area contributed by atoms with Crippen LogP contribution in [-0.4, -0.2) is 30.4 Å². The predicted molar refractivity (Wildman–Crippen MR) is 83.5 cm³/mol. The summed E-state index contributed by atoms with van der Waals surface area (Å²) in [6.45, 7) is 2.65. The lowest BCUT2D eigenvalue weighted by molar-refractivity contribution is -0.141. The van der Waals surface area contributed by atoms with Crippen molar-refractivity contribution in [2.75, 3.05) is 25.2 Å². The molecule has 2 rings (SSSR count). The van der Waals surface area contributed by atoms with Gasteiger partial charge in [0.1, 0.15) is 5.03 Å². The molecule has 0 atom stereocenters. The first-order valence-electron chi connectivity index (χ1n) is 7.17. The standard InChI is InChI=1S/C15H22N2O3S/c1-3-8-20-14-11(16)4-5-12(17-14)21-10-15(6-7-15)9-13(18)19-2/h4-5H,3,6-10,16H2,1-2H3. The number of methoxy groups -OCH3 is 1. The molecule has 1 aliphatic carbocycles. The highest BCUT2D eigenvalue weighted by Gasteiger charge is 2.44. The monoisotopic (exact) mass is 310 g/mol. The number of rotatable bonds is 8. The summed E-state index contributed by atoms with van der Waals surface area (Å²) in [6, 6.07) is 3.72. The van der Waals surface area contributed by atoms with Crippen LogP contribution in [0.25, 0.3) is 0 Å². The number of hydrogen-bond acceptors (Lipinski definition) is 6. The molecule has 6 heteroatoms. The Balaban J connectivity index is 1.92. The van der Waals surface area contributed by atoms with E-state index in [1.165, 1.54) is 7.11 Å². The Labute approximate surface area is 129 Å². The van der Waals surface area contributed by atoms with Crippen LogP contribution in [0.15, 0.2) is 17.2 Å². The van der Waals surface area contributed by atoms with Crippen LogP contribution in [0.5, 0.6) is 5.88 Å². The minimum Gasteiger partial charge on any atom is -0.476 e. The summed E-state index contributed by atoms with van der Waals surface area (Å²) in [6.07, 6.45) is 3.55. The fourth-order valence-electron chi connectivity index (χ4n) is 1.98. The second-order valence-corrected chi connectivity index (χ2v) is 6.43. The lowest BCUT2D eigenvalue weighted by atomic mass is 10.1. The molecule has 0 aromatic carbocycles. The zero-order valence-electron chi connectivity index (χ0n) is 12.6. The van der Waals surface area contributed by atoms with Gasteiger partial charge < -0.3 is 15.2 Å². The van der Waals surface area contributed by atoms with Gasteiger partial charge >= 0.3 is 5.97 Å². The van der Waals surface area contributed by atoms with Gasteiger partial charge in [-0.15, -0.1) is 11.8 Å². The van der Waals surface area contributed by atoms with Gasteiger partial charge in [0.25, 0.3) is 0 Å². The topological polar surface area (TPSA) is 74.4 Å². The second-order valence-electron chi connectivity index (χ2n) is 5.43. The van der Waals surface area contributed by atoms with Crippen molar-refractivity contribution in [1.82, 2.24) is 4.98 Å². The molecule has 0 bridgehead atoms. The van der Waals surface area contributed by atoms with E-state index >= 15 is 0 Å². The number of ether oxygens (including phenoxy) is 2. The van der Waals surface area contributed by atoms with Crippen molar-refractivity contribution in [2.45, 2.75) is 37.6 Å². The first-order chi connectivity index (χ1) is 10.1. The highest BCUT2D eigenvalue weighted by molar-refractivity contribution is 7.99. The van der Waals surface area contributed by atoms with Crippen LogP contribution in [0.4, 0.5) is 5.69 Å². The van der Waals surface area contributed by atoms with Gasteiger partial charge in [0.05, 0.1) is 25.8 Å². The molecular formula is C15H22N2O3S. The van der Waals surface area contributed by atoms with E-state index in [1.807, 2.05) is 19.1 Å². The molecular weight excluding hydrogens is 288 g/mol. The van der Waals surface area contributed by atoms with E-state index in [9.17, 15) is 4.79 Å². The van der Waals surface area contributed by atoms with Crippen molar-refractivity contribution in [3.63, 3.8) is 0 Å². The number of nitrogens with zero attached hydrogens (tertiary/aromatic N) is 1. The Morgan fingerprint density at radius 2 is 2.24 bits per heavy atom. The SMILES string of the molecule is CCCOc1nc(SCC2(CC(=O)OC)CC2)ccc1N. The Bertz CT molecular complexity index is 504. The van der Waals surface area contributed by atoms with Gasteiger partial charge in [-0.2, -0.15) is 0 Å². The third-order valence-corrected chi connectivity index (χ3v) is 4.82. The smallest absolute Gasteiger partial charge is 0.306 e. The highest BCUT2D eigenvalue weighted by Crippen LogP contribution is 2.52. The fourth-order valence-corrected chi connectivity index (χ4v) is 3.14. The number of hydrogen-bond donors (Lipinski definition) is 1. The summed E-state index contributed by atoms with van der Waals surface area (Å²) in [5.74, 6) is 1.23. The minimum atomic E-state index is -0.134. The van der Waals surface area contributed by atoms with E-state index in [-0.39, 0.29) is 11.4 Å². The van der Waals surface area contributed by atoms with Crippen LogP contribution in [0.3, 0.4) is 0 Å². The number of carbonyl (C=O) groups is 1. The van der Waals surface area contributed by atoms with E-state index in [4.69, 9.17) is 15.2 Å². The van der Waals surface area contributed by atoms with Crippen LogP contribution in [-0.2, 0) is 9.53 Å². The number of carbonyl (C=O) groups excluding carboxylic acids is 1. The van der Waals surface area contributed by atoms with Crippen LogP contribution in [0.1, 0.15) is 32.6 Å². The lowest BCUT2D eigenvalue weighted by Gasteiger charge is -2.13. The molecule has 1 aliphatic rings. The molecule has 0 aliphatic heterocycles. The lowest BCUT2D eigenvalue weighted by Crippen LogP contribution is -2.13. The molecule has 0 unspecified atom stereocenters. The molecule has 0 spiro atoms. The fraction of sp³-hybridized carbons (Fsp3) is 0.600. The number of aromatic nitrogens is 1. The van der Waals surface area contributed by atoms with Gasteiger partial charge in [0.15, 0.2) is 0 Å². The van der Waals surface area contributed by atoms with Gasteiger partial charge in [-0.1, -0.05) is 6.92 Å². The molecule has 0 radical (unpaired) electrons. The van der Waals surface area contributed by atoms with Gasteiger partial charge in [-0.3, -0.25) is 4.79 Å². The molecule has 2 N–H and O–H groups in total. The summed E-state index contributed by atoms with van der Waals surface area (Å²) in [5.41, 5.74) is 6.50. The maximum Gasteiger partial charge on any atom is 0.306 e. The van der Waals surface area contributed by atoms with E-state index in [2.05, 4.69) is 4.98 Å². The predicted octanol–water partition coefficient (Wildman–Crippen LogP) is 2.89. The number of nitrogen functional groups attached to an aromatic ring is 1. The van der Waals surface area contributed by atoms with Crippen LogP contribution >= 0.6 is 11.8 Å². The summed E-state index contributed by atoms with van der Waals surface area (Å²) in [4.78, 5) is 15.9. The maximum absolute atomic E-state index is 11.4. The Morgan fingerprint density at radius 3 is 2.86 bits per heavy atom. The third-order valence-electron chi connectivity index (χ3n) is 3.54.